The maximum atomic E-state index is 7.12. The fraction of sp³-hybridized carbons (Fsp3) is 0.0492. The van der Waals surface area contributed by atoms with Crippen molar-refractivity contribution < 1.29 is 13.3 Å². The van der Waals surface area contributed by atoms with Gasteiger partial charge in [0.25, 0.3) is 0 Å². The lowest BCUT2D eigenvalue weighted by Crippen LogP contribution is -2.18. The van der Waals surface area contributed by atoms with Gasteiger partial charge in [0.15, 0.2) is 0 Å². The van der Waals surface area contributed by atoms with E-state index < -0.39 is 0 Å². The van der Waals surface area contributed by atoms with E-state index in [0.717, 1.165) is 188 Å². The highest BCUT2D eigenvalue weighted by Crippen LogP contribution is 2.57. The molecular weight excluding hydrogens is 1540 g/mol. The van der Waals surface area contributed by atoms with Gasteiger partial charge in [-0.1, -0.05) is 343 Å². The van der Waals surface area contributed by atoms with Crippen LogP contribution in [0.2, 0.25) is 0 Å². The second-order valence-electron chi connectivity index (χ2n) is 35.3. The zero-order valence-corrected chi connectivity index (χ0v) is 70.5. The number of benzene rings is 20. The number of hydrogen-bond acceptors (Lipinski definition) is 5. The van der Waals surface area contributed by atoms with Crippen LogP contribution >= 0.6 is 0 Å². The number of fused-ring (bicyclic) bond motifs is 17. The first-order chi connectivity index (χ1) is 62.4. The SMILES string of the molecule is CC1(C)c2cc(-c3ccccc3)ccc2-c2ccc(N(c3ccc4c(c3)C(C)(C)c3cc(-c5ccccc5)ccc3-4)c3ccc(-c4cc(-c5cccc(-c6ccc(-c7ccc(N(c8ccc(-c9cccc%10c9oc9ccccc9%10)cc8)c8ccc(-c9cccc%10c9oc9ccccc9%10)cc8)c8ccccc78)cc6)c5)cc5c4oc4ccccc45)c4ccccc34)cc21. The standard InChI is InChI=1S/C122H82N2O3/c1-121(2)109-71-83(75-24-7-5-8-25-75)52-60-96(109)98-62-58-88(73-111(98)121)124(89-59-63-99-97-61-53-84(76-26-9-6-10-27-76)72-110(97)122(3,4)112(99)74-89)114-67-65-95(94-31-12-14-33-101(94)114)107-69-85(70-108-104-36-17-20-43-117(104)127-120(107)108)82-29-21-28-81(68-82)77-44-46-78(47-45-77)90-64-66-113(100-32-13-11-30-93(90)100)123(86-54-48-79(49-55-86)91-37-22-39-105-102-34-15-18-41-115(102)125-118(91)105)87-56-50-80(51-57-87)92-38-23-40-106-103-35-16-19-42-116(103)126-119(92)106/h5-74H,1-4H3. The minimum Gasteiger partial charge on any atom is -0.455 e. The Labute approximate surface area is 736 Å². The van der Waals surface area contributed by atoms with Crippen LogP contribution < -0.4 is 9.80 Å². The van der Waals surface area contributed by atoms with E-state index in [9.17, 15) is 0 Å². The second kappa shape index (κ2) is 28.8. The molecule has 25 rings (SSSR count). The minimum absolute atomic E-state index is 0.288. The predicted octanol–water partition coefficient (Wildman–Crippen LogP) is 34.6. The number of hydrogen-bond donors (Lipinski definition) is 0. The smallest absolute Gasteiger partial charge is 0.143 e. The van der Waals surface area contributed by atoms with Crippen molar-refractivity contribution in [3.05, 3.63) is 447 Å². The van der Waals surface area contributed by atoms with Crippen molar-refractivity contribution in [2.75, 3.05) is 9.80 Å². The number of nitrogens with zero attached hydrogens (tertiary/aromatic N) is 2. The second-order valence-corrected chi connectivity index (χ2v) is 35.3. The van der Waals surface area contributed by atoms with E-state index in [1.54, 1.807) is 0 Å². The van der Waals surface area contributed by atoms with Gasteiger partial charge in [0.05, 0.1) is 11.4 Å². The van der Waals surface area contributed by atoms with Crippen LogP contribution in [0.5, 0.6) is 0 Å². The first kappa shape index (κ1) is 73.6. The van der Waals surface area contributed by atoms with Crippen molar-refractivity contribution >= 4 is 121 Å². The Kier molecular flexibility index (Phi) is 16.7. The largest absolute Gasteiger partial charge is 0.455 e. The third-order valence-corrected chi connectivity index (χ3v) is 27.5. The van der Waals surface area contributed by atoms with E-state index in [1.807, 2.05) is 24.3 Å². The summed E-state index contributed by atoms with van der Waals surface area (Å²) in [7, 11) is 0. The Morgan fingerprint density at radius 1 is 0.165 bits per heavy atom. The van der Waals surface area contributed by atoms with Gasteiger partial charge in [0.1, 0.15) is 33.5 Å². The van der Waals surface area contributed by atoms with Crippen LogP contribution in [0.25, 0.3) is 199 Å². The van der Waals surface area contributed by atoms with Crippen molar-refractivity contribution in [2.45, 2.75) is 38.5 Å². The molecule has 0 N–H and O–H groups in total. The zero-order chi connectivity index (χ0) is 84.3. The predicted molar refractivity (Wildman–Crippen MR) is 531 cm³/mol. The summed E-state index contributed by atoms with van der Waals surface area (Å²) < 4.78 is 20.3. The molecule has 0 bridgehead atoms. The van der Waals surface area contributed by atoms with Crippen LogP contribution in [0.4, 0.5) is 34.1 Å². The average molecular weight is 1620 g/mol. The first-order valence-electron chi connectivity index (χ1n) is 44.0. The summed E-state index contributed by atoms with van der Waals surface area (Å²) in [5.74, 6) is 0. The van der Waals surface area contributed by atoms with Gasteiger partial charge in [0, 0.05) is 93.4 Å². The number of furan rings is 3. The molecule has 127 heavy (non-hydrogen) atoms. The molecule has 0 unspecified atom stereocenters. The molecule has 0 radical (unpaired) electrons. The topological polar surface area (TPSA) is 45.9 Å². The van der Waals surface area contributed by atoms with E-state index in [2.05, 4.69) is 438 Å². The van der Waals surface area contributed by atoms with Gasteiger partial charge in [-0.15, -0.1) is 0 Å². The molecule has 598 valence electrons. The van der Waals surface area contributed by atoms with Crippen LogP contribution in [0, 0.1) is 0 Å². The highest BCUT2D eigenvalue weighted by atomic mass is 16.3. The third kappa shape index (κ3) is 11.8. The van der Waals surface area contributed by atoms with Crippen LogP contribution in [0.15, 0.2) is 438 Å². The Hall–Kier alpha value is -16.1. The molecule has 0 amide bonds. The van der Waals surface area contributed by atoms with Gasteiger partial charge in [-0.2, -0.15) is 0 Å². The lowest BCUT2D eigenvalue weighted by molar-refractivity contribution is 0.660. The van der Waals surface area contributed by atoms with Gasteiger partial charge < -0.3 is 23.1 Å². The minimum atomic E-state index is -0.288. The van der Waals surface area contributed by atoms with E-state index in [0.29, 0.717) is 0 Å². The normalized spacial score (nSPS) is 13.0. The van der Waals surface area contributed by atoms with E-state index in [1.165, 1.54) is 66.8 Å². The Balaban J connectivity index is 0.575. The summed E-state index contributed by atoms with van der Waals surface area (Å²) in [6.07, 6.45) is 0. The Morgan fingerprint density at radius 2 is 0.472 bits per heavy atom. The molecule has 0 aliphatic heterocycles. The molecule has 0 fully saturated rings. The Bertz CT molecular complexity index is 8130. The van der Waals surface area contributed by atoms with Gasteiger partial charge in [0.2, 0.25) is 0 Å². The summed E-state index contributed by atoms with van der Waals surface area (Å²) in [6.45, 7) is 9.61. The molecule has 0 atom stereocenters. The van der Waals surface area contributed by atoms with E-state index in [-0.39, 0.29) is 10.8 Å². The summed E-state index contributed by atoms with van der Waals surface area (Å²) in [6, 6.07) is 156. The molecule has 20 aromatic carbocycles. The zero-order valence-electron chi connectivity index (χ0n) is 70.5. The van der Waals surface area contributed by atoms with E-state index in [4.69, 9.17) is 13.3 Å². The first-order valence-corrected chi connectivity index (χ1v) is 44.0. The monoisotopic (exact) mass is 1620 g/mol. The van der Waals surface area contributed by atoms with Gasteiger partial charge >= 0.3 is 0 Å². The summed E-state index contributed by atoms with van der Waals surface area (Å²) in [5.41, 5.74) is 39.6. The van der Waals surface area contributed by atoms with Crippen molar-refractivity contribution in [3.63, 3.8) is 0 Å². The van der Waals surface area contributed by atoms with Gasteiger partial charge in [-0.05, 0) is 237 Å². The molecule has 0 saturated heterocycles. The highest BCUT2D eigenvalue weighted by molar-refractivity contribution is 6.17. The van der Waals surface area contributed by atoms with Crippen LogP contribution in [-0.2, 0) is 10.8 Å². The summed E-state index contributed by atoms with van der Waals surface area (Å²) in [5, 5.41) is 11.1. The average Bonchev–Trinajstić information content (AvgIpc) is 1.58. The molecule has 2 aliphatic rings. The molecule has 5 nitrogen and oxygen atoms in total. The van der Waals surface area contributed by atoms with Crippen molar-refractivity contribution in [1.29, 1.82) is 0 Å². The van der Waals surface area contributed by atoms with E-state index >= 15 is 0 Å². The third-order valence-electron chi connectivity index (χ3n) is 27.5. The molecule has 5 heteroatoms. The molecule has 3 aromatic heterocycles. The number of rotatable bonds is 14. The Morgan fingerprint density at radius 3 is 0.961 bits per heavy atom. The maximum Gasteiger partial charge on any atom is 0.143 e. The number of para-hydroxylation sites is 5. The lowest BCUT2D eigenvalue weighted by Gasteiger charge is -2.31. The highest BCUT2D eigenvalue weighted by Gasteiger charge is 2.39. The molecular formula is C122H82N2O3. The molecule has 23 aromatic rings. The molecule has 0 saturated carbocycles. The fourth-order valence-electron chi connectivity index (χ4n) is 21.1. The van der Waals surface area contributed by atoms with Crippen molar-refractivity contribution in [2.24, 2.45) is 0 Å². The van der Waals surface area contributed by atoms with Crippen molar-refractivity contribution in [3.8, 4) is 111 Å². The van der Waals surface area contributed by atoms with Crippen LogP contribution in [0.3, 0.4) is 0 Å². The summed E-state index contributed by atoms with van der Waals surface area (Å²) in [4.78, 5) is 4.93. The maximum absolute atomic E-state index is 7.12. The van der Waals surface area contributed by atoms with Gasteiger partial charge in [-0.25, -0.2) is 0 Å². The fourth-order valence-corrected chi connectivity index (χ4v) is 21.1. The molecule has 3 heterocycles. The lowest BCUT2D eigenvalue weighted by atomic mass is 9.81. The molecule has 0 spiro atoms. The van der Waals surface area contributed by atoms with Crippen molar-refractivity contribution in [1.82, 2.24) is 0 Å². The quantitative estimate of drug-likeness (QED) is 0.109. The molecule has 2 aliphatic carbocycles. The van der Waals surface area contributed by atoms with Gasteiger partial charge in [-0.3, -0.25) is 0 Å². The summed E-state index contributed by atoms with van der Waals surface area (Å²) >= 11 is 0. The number of anilines is 6. The van der Waals surface area contributed by atoms with Crippen LogP contribution in [0.1, 0.15) is 49.9 Å². The van der Waals surface area contributed by atoms with Crippen LogP contribution in [-0.4, -0.2) is 0 Å².